The van der Waals surface area contributed by atoms with Gasteiger partial charge in [0.05, 0.1) is 5.37 Å². The minimum atomic E-state index is 0.207. The molecule has 0 saturated carbocycles. The van der Waals surface area contributed by atoms with E-state index in [4.69, 9.17) is 0 Å². The molecule has 2 unspecified atom stereocenters. The van der Waals surface area contributed by atoms with Gasteiger partial charge in [-0.1, -0.05) is 12.2 Å². The van der Waals surface area contributed by atoms with Crippen molar-refractivity contribution in [1.82, 2.24) is 4.90 Å². The Balaban J connectivity index is 2.38. The van der Waals surface area contributed by atoms with Gasteiger partial charge in [0.15, 0.2) is 0 Å². The van der Waals surface area contributed by atoms with Crippen LogP contribution in [0.25, 0.3) is 0 Å². The summed E-state index contributed by atoms with van der Waals surface area (Å²) in [5, 5.41) is 0.553. The molecule has 1 heterocycles. The molecule has 2 atom stereocenters. The number of thiol groups is 2. The van der Waals surface area contributed by atoms with Crippen LogP contribution in [0.15, 0.2) is 25.3 Å². The number of piperidine rings is 1. The number of hydrogen-bond acceptors (Lipinski definition) is 3. The molecule has 0 spiro atoms. The molecular weight excluding hydrogens is 210 g/mol. The second-order valence-corrected chi connectivity index (χ2v) is 4.87. The first-order chi connectivity index (χ1) is 6.69. The van der Waals surface area contributed by atoms with Crippen LogP contribution in [0.5, 0.6) is 0 Å². The number of hydrogen-bond donors (Lipinski definition) is 2. The zero-order valence-electron chi connectivity index (χ0n) is 8.47. The van der Waals surface area contributed by atoms with Crippen molar-refractivity contribution >= 4 is 25.3 Å². The van der Waals surface area contributed by atoms with Crippen LogP contribution in [0, 0.1) is 5.92 Å². The molecule has 0 aromatic heterocycles. The molecule has 1 fully saturated rings. The summed E-state index contributed by atoms with van der Waals surface area (Å²) in [6.07, 6.45) is 6.19. The second kappa shape index (κ2) is 5.89. The molecule has 1 aliphatic heterocycles. The van der Waals surface area contributed by atoms with Crippen LogP contribution in [0.2, 0.25) is 0 Å². The fraction of sp³-hybridized carbons (Fsp3) is 0.636. The minimum Gasteiger partial charge on any atom is -0.288 e. The molecule has 1 nitrogen and oxygen atoms in total. The van der Waals surface area contributed by atoms with Crippen LogP contribution in [-0.4, -0.2) is 28.6 Å². The van der Waals surface area contributed by atoms with Gasteiger partial charge < -0.3 is 0 Å². The Morgan fingerprint density at radius 2 is 1.71 bits per heavy atom. The lowest BCUT2D eigenvalue weighted by Gasteiger charge is -2.35. The molecule has 0 amide bonds. The Morgan fingerprint density at radius 1 is 1.14 bits per heavy atom. The molecule has 14 heavy (non-hydrogen) atoms. The maximum absolute atomic E-state index is 4.50. The Morgan fingerprint density at radius 3 is 2.14 bits per heavy atom. The van der Waals surface area contributed by atoms with E-state index < -0.39 is 0 Å². The number of rotatable bonds is 4. The predicted molar refractivity (Wildman–Crippen MR) is 70.2 cm³/mol. The van der Waals surface area contributed by atoms with E-state index in [2.05, 4.69) is 43.3 Å². The van der Waals surface area contributed by atoms with Gasteiger partial charge in [-0.25, -0.2) is 0 Å². The average molecular weight is 229 g/mol. The molecule has 0 aromatic carbocycles. The Labute approximate surface area is 98.1 Å². The lowest BCUT2D eigenvalue weighted by atomic mass is 9.93. The summed E-state index contributed by atoms with van der Waals surface area (Å²) in [6.45, 7) is 9.73. The predicted octanol–water partition coefficient (Wildman–Crippen LogP) is 2.62. The first kappa shape index (κ1) is 12.2. The Bertz CT molecular complexity index is 175. The molecule has 80 valence electrons. The van der Waals surface area contributed by atoms with E-state index >= 15 is 0 Å². The summed E-state index contributed by atoms with van der Waals surface area (Å²) >= 11 is 8.95. The summed E-state index contributed by atoms with van der Waals surface area (Å²) in [6, 6.07) is 0. The van der Waals surface area contributed by atoms with Crippen LogP contribution in [0.3, 0.4) is 0 Å². The Kier molecular flexibility index (Phi) is 5.13. The van der Waals surface area contributed by atoms with Crippen molar-refractivity contribution in [2.75, 3.05) is 13.1 Å². The van der Waals surface area contributed by atoms with Crippen LogP contribution in [0.1, 0.15) is 12.8 Å². The maximum atomic E-state index is 4.50. The molecule has 0 aromatic rings. The monoisotopic (exact) mass is 229 g/mol. The summed E-state index contributed by atoms with van der Waals surface area (Å²) in [7, 11) is 0. The first-order valence-corrected chi connectivity index (χ1v) is 6.07. The van der Waals surface area contributed by atoms with Crippen LogP contribution >= 0.6 is 25.3 Å². The summed E-state index contributed by atoms with van der Waals surface area (Å²) in [5.41, 5.74) is 0. The minimum absolute atomic E-state index is 0.207. The zero-order chi connectivity index (χ0) is 10.6. The fourth-order valence-electron chi connectivity index (χ4n) is 1.87. The molecule has 1 aliphatic rings. The van der Waals surface area contributed by atoms with Gasteiger partial charge in [0.2, 0.25) is 0 Å². The third-order valence-electron chi connectivity index (χ3n) is 2.88. The quantitative estimate of drug-likeness (QED) is 0.554. The lowest BCUT2D eigenvalue weighted by molar-refractivity contribution is 0.193. The van der Waals surface area contributed by atoms with E-state index in [0.717, 1.165) is 13.1 Å². The third-order valence-corrected chi connectivity index (χ3v) is 4.05. The van der Waals surface area contributed by atoms with Crippen molar-refractivity contribution < 1.29 is 0 Å². The molecule has 3 heteroatoms. The molecular formula is C11H19NS2. The summed E-state index contributed by atoms with van der Waals surface area (Å²) in [5.74, 6) is 0.678. The average Bonchev–Trinajstić information content (AvgIpc) is 2.27. The van der Waals surface area contributed by atoms with E-state index in [1.54, 1.807) is 0 Å². The van der Waals surface area contributed by atoms with Gasteiger partial charge in [-0.05, 0) is 31.8 Å². The van der Waals surface area contributed by atoms with E-state index in [1.807, 2.05) is 12.2 Å². The van der Waals surface area contributed by atoms with Crippen LogP contribution in [-0.2, 0) is 0 Å². The fourth-order valence-corrected chi connectivity index (χ4v) is 2.40. The third kappa shape index (κ3) is 3.07. The van der Waals surface area contributed by atoms with E-state index in [9.17, 15) is 0 Å². The zero-order valence-corrected chi connectivity index (χ0v) is 10.3. The standard InChI is InChI=1S/C11H19NS2/c1-3-10(13)9-5-7-12(8-6-9)11(14)4-2/h3-4,9-11,13-14H,1-2,5-8H2. The first-order valence-electron chi connectivity index (χ1n) is 5.04. The number of likely N-dealkylation sites (tertiary alicyclic amines) is 1. The molecule has 1 saturated heterocycles. The van der Waals surface area contributed by atoms with Crippen molar-refractivity contribution in [3.05, 3.63) is 25.3 Å². The van der Waals surface area contributed by atoms with Gasteiger partial charge in [-0.3, -0.25) is 4.90 Å². The highest BCUT2D eigenvalue weighted by Gasteiger charge is 2.24. The molecule has 0 radical (unpaired) electrons. The SMILES string of the molecule is C=CC(S)C1CCN(C(S)C=C)CC1. The number of nitrogens with zero attached hydrogens (tertiary/aromatic N) is 1. The van der Waals surface area contributed by atoms with Gasteiger partial charge >= 0.3 is 0 Å². The highest BCUT2D eigenvalue weighted by Crippen LogP contribution is 2.26. The van der Waals surface area contributed by atoms with E-state index in [-0.39, 0.29) is 5.37 Å². The largest absolute Gasteiger partial charge is 0.288 e. The highest BCUT2D eigenvalue weighted by molar-refractivity contribution is 7.81. The summed E-state index contributed by atoms with van der Waals surface area (Å²) in [4.78, 5) is 2.34. The van der Waals surface area contributed by atoms with E-state index in [1.165, 1.54) is 12.8 Å². The molecule has 0 N–H and O–H groups in total. The normalized spacial score (nSPS) is 24.1. The topological polar surface area (TPSA) is 3.24 Å². The lowest BCUT2D eigenvalue weighted by Crippen LogP contribution is -2.39. The van der Waals surface area contributed by atoms with Crippen LogP contribution in [0.4, 0.5) is 0 Å². The van der Waals surface area contributed by atoms with Gasteiger partial charge in [-0.15, -0.1) is 13.2 Å². The van der Waals surface area contributed by atoms with Gasteiger partial charge in [0.25, 0.3) is 0 Å². The Hall–Kier alpha value is 0.140. The van der Waals surface area contributed by atoms with Gasteiger partial charge in [-0.2, -0.15) is 25.3 Å². The highest BCUT2D eigenvalue weighted by atomic mass is 32.1. The molecule has 1 rings (SSSR count). The molecule has 0 bridgehead atoms. The van der Waals surface area contributed by atoms with Crippen molar-refractivity contribution in [1.29, 1.82) is 0 Å². The van der Waals surface area contributed by atoms with Crippen molar-refractivity contribution in [3.8, 4) is 0 Å². The summed E-state index contributed by atoms with van der Waals surface area (Å²) < 4.78 is 0. The van der Waals surface area contributed by atoms with Crippen molar-refractivity contribution in [3.63, 3.8) is 0 Å². The maximum Gasteiger partial charge on any atom is 0.0711 e. The second-order valence-electron chi connectivity index (χ2n) is 3.75. The van der Waals surface area contributed by atoms with E-state index in [0.29, 0.717) is 11.2 Å². The molecule has 0 aliphatic carbocycles. The van der Waals surface area contributed by atoms with Gasteiger partial charge in [0.1, 0.15) is 0 Å². The van der Waals surface area contributed by atoms with Gasteiger partial charge in [0, 0.05) is 5.25 Å². The van der Waals surface area contributed by atoms with Crippen LogP contribution < -0.4 is 0 Å². The van der Waals surface area contributed by atoms with Crippen molar-refractivity contribution in [2.45, 2.75) is 23.5 Å². The van der Waals surface area contributed by atoms with Crippen molar-refractivity contribution in [2.24, 2.45) is 5.92 Å². The smallest absolute Gasteiger partial charge is 0.0711 e.